The number of carbonyl (C=O) groups excluding carboxylic acids is 1. The van der Waals surface area contributed by atoms with E-state index >= 15 is 0 Å². The fourth-order valence-corrected chi connectivity index (χ4v) is 3.65. The van der Waals surface area contributed by atoms with Gasteiger partial charge in [0.2, 0.25) is 0 Å². The Morgan fingerprint density at radius 3 is 2.52 bits per heavy atom. The highest BCUT2D eigenvalue weighted by Gasteiger charge is 2.52. The summed E-state index contributed by atoms with van der Waals surface area (Å²) in [5, 5.41) is 11.5. The van der Waals surface area contributed by atoms with Gasteiger partial charge in [-0.2, -0.15) is 0 Å². The zero-order valence-corrected chi connectivity index (χ0v) is 13.0. The molecule has 0 aromatic heterocycles. The third-order valence-electron chi connectivity index (χ3n) is 4.76. The Labute approximate surface area is 134 Å². The normalized spacial score (nSPS) is 21.5. The van der Waals surface area contributed by atoms with E-state index in [1.165, 1.54) is 19.1 Å². The minimum Gasteiger partial charge on any atom is -0.493 e. The lowest BCUT2D eigenvalue weighted by Gasteiger charge is -2.40. The molecule has 0 spiro atoms. The van der Waals surface area contributed by atoms with Gasteiger partial charge in [-0.25, -0.2) is 0 Å². The van der Waals surface area contributed by atoms with Crippen molar-refractivity contribution in [3.63, 3.8) is 0 Å². The minimum absolute atomic E-state index is 0.182. The highest BCUT2D eigenvalue weighted by Crippen LogP contribution is 2.48. The van der Waals surface area contributed by atoms with E-state index in [4.69, 9.17) is 9.47 Å². The van der Waals surface area contributed by atoms with Crippen molar-refractivity contribution in [1.29, 1.82) is 0 Å². The molecule has 1 amide bonds. The standard InChI is InChI=1S/C18H17NO4/c1-22-15-9-12-14(10-16(15)23-2)18(21)13-6-4-3-5-11(13)7-8-19(18)17(12)20/h3-6,9-10,21H,7-8H2,1-2H3. The fraction of sp³-hybridized carbons (Fsp3) is 0.278. The molecule has 2 aliphatic rings. The number of hydrogen-bond donors (Lipinski definition) is 1. The lowest BCUT2D eigenvalue weighted by atomic mass is 9.86. The molecule has 118 valence electrons. The first-order valence-corrected chi connectivity index (χ1v) is 7.50. The van der Waals surface area contributed by atoms with Gasteiger partial charge < -0.3 is 19.5 Å². The van der Waals surface area contributed by atoms with Crippen LogP contribution in [0.3, 0.4) is 0 Å². The van der Waals surface area contributed by atoms with Crippen LogP contribution >= 0.6 is 0 Å². The van der Waals surface area contributed by atoms with Crippen LogP contribution in [0.2, 0.25) is 0 Å². The fourth-order valence-electron chi connectivity index (χ4n) is 3.65. The monoisotopic (exact) mass is 311 g/mol. The molecule has 0 bridgehead atoms. The number of ether oxygens (including phenoxy) is 2. The molecule has 5 nitrogen and oxygen atoms in total. The number of rotatable bonds is 2. The average Bonchev–Trinajstić information content (AvgIpc) is 2.81. The number of nitrogens with zero attached hydrogens (tertiary/aromatic N) is 1. The van der Waals surface area contributed by atoms with Crippen LogP contribution in [0.15, 0.2) is 36.4 Å². The van der Waals surface area contributed by atoms with Gasteiger partial charge in [0.1, 0.15) is 0 Å². The third kappa shape index (κ3) is 1.68. The van der Waals surface area contributed by atoms with Gasteiger partial charge in [0.05, 0.1) is 19.8 Å². The maximum atomic E-state index is 12.8. The number of methoxy groups -OCH3 is 2. The summed E-state index contributed by atoms with van der Waals surface area (Å²) in [7, 11) is 3.07. The van der Waals surface area contributed by atoms with Gasteiger partial charge in [-0.1, -0.05) is 24.3 Å². The zero-order valence-electron chi connectivity index (χ0n) is 13.0. The number of fused-ring (bicyclic) bond motifs is 5. The van der Waals surface area contributed by atoms with Crippen molar-refractivity contribution in [1.82, 2.24) is 4.90 Å². The van der Waals surface area contributed by atoms with Crippen LogP contribution in [0.5, 0.6) is 11.5 Å². The second kappa shape index (κ2) is 4.73. The molecule has 0 fully saturated rings. The predicted molar refractivity (Wildman–Crippen MR) is 83.7 cm³/mol. The van der Waals surface area contributed by atoms with Crippen LogP contribution < -0.4 is 9.47 Å². The summed E-state index contributed by atoms with van der Waals surface area (Å²) in [6.45, 7) is 0.478. The van der Waals surface area contributed by atoms with E-state index in [0.717, 1.165) is 17.5 Å². The Kier molecular flexibility index (Phi) is 2.90. The maximum absolute atomic E-state index is 12.8. The molecule has 1 unspecified atom stereocenters. The quantitative estimate of drug-likeness (QED) is 0.920. The number of amides is 1. The molecule has 2 heterocycles. The number of benzene rings is 2. The lowest BCUT2D eigenvalue weighted by Crippen LogP contribution is -2.49. The first-order chi connectivity index (χ1) is 11.1. The Morgan fingerprint density at radius 1 is 1.09 bits per heavy atom. The number of carbonyl (C=O) groups is 1. The largest absolute Gasteiger partial charge is 0.493 e. The van der Waals surface area contributed by atoms with Gasteiger partial charge in [0, 0.05) is 17.7 Å². The highest BCUT2D eigenvalue weighted by molar-refractivity contribution is 6.01. The molecule has 1 N–H and O–H groups in total. The maximum Gasteiger partial charge on any atom is 0.257 e. The molecule has 0 saturated carbocycles. The number of hydrogen-bond acceptors (Lipinski definition) is 4. The van der Waals surface area contributed by atoms with Gasteiger partial charge in [0.25, 0.3) is 5.91 Å². The average molecular weight is 311 g/mol. The summed E-state index contributed by atoms with van der Waals surface area (Å²) < 4.78 is 10.6. The molecule has 0 radical (unpaired) electrons. The van der Waals surface area contributed by atoms with Gasteiger partial charge in [-0.05, 0) is 24.1 Å². The van der Waals surface area contributed by atoms with Crippen LogP contribution in [0.4, 0.5) is 0 Å². The topological polar surface area (TPSA) is 59.0 Å². The summed E-state index contributed by atoms with van der Waals surface area (Å²) in [5.41, 5.74) is 1.38. The first-order valence-electron chi connectivity index (χ1n) is 7.50. The second-order valence-electron chi connectivity index (χ2n) is 5.79. The molecular weight excluding hydrogens is 294 g/mol. The van der Waals surface area contributed by atoms with Crippen LogP contribution in [-0.4, -0.2) is 36.7 Å². The van der Waals surface area contributed by atoms with Crippen molar-refractivity contribution in [3.8, 4) is 11.5 Å². The van der Waals surface area contributed by atoms with E-state index in [0.29, 0.717) is 29.2 Å². The smallest absolute Gasteiger partial charge is 0.257 e. The molecule has 2 aromatic carbocycles. The van der Waals surface area contributed by atoms with Crippen LogP contribution in [0.1, 0.15) is 27.0 Å². The van der Waals surface area contributed by atoms with Crippen molar-refractivity contribution >= 4 is 5.91 Å². The molecule has 2 aliphatic heterocycles. The van der Waals surface area contributed by atoms with Gasteiger partial charge in [-0.3, -0.25) is 4.79 Å². The summed E-state index contributed by atoms with van der Waals surface area (Å²) in [6.07, 6.45) is 0.729. The molecule has 23 heavy (non-hydrogen) atoms. The lowest BCUT2D eigenvalue weighted by molar-refractivity contribution is -0.0563. The molecule has 5 heteroatoms. The zero-order chi connectivity index (χ0) is 16.2. The highest BCUT2D eigenvalue weighted by atomic mass is 16.5. The molecule has 0 aliphatic carbocycles. The van der Waals surface area contributed by atoms with Crippen molar-refractivity contribution in [2.24, 2.45) is 0 Å². The molecule has 0 saturated heterocycles. The molecule has 1 atom stereocenters. The minimum atomic E-state index is -1.44. The van der Waals surface area contributed by atoms with Crippen LogP contribution in [0, 0.1) is 0 Å². The Morgan fingerprint density at radius 2 is 1.78 bits per heavy atom. The van der Waals surface area contributed by atoms with E-state index in [1.54, 1.807) is 12.1 Å². The Balaban J connectivity index is 2.01. The second-order valence-corrected chi connectivity index (χ2v) is 5.79. The van der Waals surface area contributed by atoms with Crippen LogP contribution in [0.25, 0.3) is 0 Å². The van der Waals surface area contributed by atoms with E-state index in [-0.39, 0.29) is 5.91 Å². The summed E-state index contributed by atoms with van der Waals surface area (Å²) in [6, 6.07) is 11.0. The Hall–Kier alpha value is -2.53. The van der Waals surface area contributed by atoms with Gasteiger partial charge >= 0.3 is 0 Å². The van der Waals surface area contributed by atoms with E-state index in [9.17, 15) is 9.90 Å². The van der Waals surface area contributed by atoms with Crippen molar-refractivity contribution < 1.29 is 19.4 Å². The van der Waals surface area contributed by atoms with Gasteiger partial charge in [-0.15, -0.1) is 0 Å². The van der Waals surface area contributed by atoms with Crippen molar-refractivity contribution in [3.05, 3.63) is 58.7 Å². The van der Waals surface area contributed by atoms with Crippen molar-refractivity contribution in [2.75, 3.05) is 20.8 Å². The molecule has 4 rings (SSSR count). The van der Waals surface area contributed by atoms with Crippen LogP contribution in [-0.2, 0) is 12.1 Å². The molecular formula is C18H17NO4. The number of aliphatic hydroxyl groups is 1. The summed E-state index contributed by atoms with van der Waals surface area (Å²) in [5.74, 6) is 0.798. The molecule has 2 aromatic rings. The Bertz CT molecular complexity index is 817. The van der Waals surface area contributed by atoms with Crippen molar-refractivity contribution in [2.45, 2.75) is 12.1 Å². The first kappa shape index (κ1) is 14.1. The SMILES string of the molecule is COc1cc2c(cc1OC)C1(O)c3ccccc3CCN1C2=O. The van der Waals surface area contributed by atoms with E-state index in [2.05, 4.69) is 0 Å². The van der Waals surface area contributed by atoms with E-state index in [1.807, 2.05) is 24.3 Å². The summed E-state index contributed by atoms with van der Waals surface area (Å²) in [4.78, 5) is 14.3. The predicted octanol–water partition coefficient (Wildman–Crippen LogP) is 1.91. The third-order valence-corrected chi connectivity index (χ3v) is 4.76. The van der Waals surface area contributed by atoms with Gasteiger partial charge in [0.15, 0.2) is 17.2 Å². The van der Waals surface area contributed by atoms with E-state index < -0.39 is 5.72 Å². The summed E-state index contributed by atoms with van der Waals surface area (Å²) >= 11 is 0.